The van der Waals surface area contributed by atoms with Gasteiger partial charge in [-0.05, 0) is 12.8 Å². The molecule has 0 spiro atoms. The minimum Gasteiger partial charge on any atom is -2.00 e. The van der Waals surface area contributed by atoms with Crippen LogP contribution in [0.3, 0.4) is 0 Å². The number of aliphatic hydroxyl groups is 2. The summed E-state index contributed by atoms with van der Waals surface area (Å²) in [6.07, 6.45) is 1.75. The first-order valence-corrected chi connectivity index (χ1v) is 3.05. The number of hydrogen-bond acceptors (Lipinski definition) is 2. The molecule has 0 saturated heterocycles. The van der Waals surface area contributed by atoms with Crippen molar-refractivity contribution in [2.75, 3.05) is 13.2 Å². The second kappa shape index (κ2) is 72.4. The van der Waals surface area contributed by atoms with Crippen molar-refractivity contribution in [3.05, 3.63) is 0 Å². The smallest absolute Gasteiger partial charge is 2.00 e. The largest absolute Gasteiger partial charge is 3.00 e. The van der Waals surface area contributed by atoms with Crippen LogP contribution >= 0.6 is 0 Å². The maximum Gasteiger partial charge on any atom is 3.00 e. The third kappa shape index (κ3) is 160. The van der Waals surface area contributed by atoms with Gasteiger partial charge in [0.1, 0.15) is 0 Å². The summed E-state index contributed by atoms with van der Waals surface area (Å²) in [6, 6.07) is 0. The number of aliphatic hydroxyl groups excluding tert-OH is 2. The first-order chi connectivity index (χ1) is 3.83. The fourth-order valence-corrected chi connectivity index (χ4v) is 0. The fourth-order valence-electron chi connectivity index (χ4n) is 0. The summed E-state index contributed by atoms with van der Waals surface area (Å²) in [5, 5.41) is 15.8. The van der Waals surface area contributed by atoms with Crippen molar-refractivity contribution in [2.24, 2.45) is 0 Å². The first kappa shape index (κ1) is 47.7. The Morgan fingerprint density at radius 1 is 0.692 bits per heavy atom. The molecule has 0 saturated carbocycles. The van der Waals surface area contributed by atoms with Crippen LogP contribution in [0, 0.1) is 0 Å². The Kier molecular flexibility index (Phi) is 265. The summed E-state index contributed by atoms with van der Waals surface area (Å²) in [5.74, 6) is 0. The van der Waals surface area contributed by atoms with Crippen LogP contribution in [0.5, 0.6) is 0 Å². The molecule has 13 heavy (non-hydrogen) atoms. The summed E-state index contributed by atoms with van der Waals surface area (Å²) >= 11 is 0. The minimum absolute atomic E-state index is 0. The van der Waals surface area contributed by atoms with Gasteiger partial charge in [0.05, 0.1) is 0 Å². The molecule has 2 N–H and O–H groups in total. The van der Waals surface area contributed by atoms with Crippen molar-refractivity contribution in [2.45, 2.75) is 26.7 Å². The van der Waals surface area contributed by atoms with E-state index in [0.717, 1.165) is 12.8 Å². The molecular weight excluding hydrogens is 248 g/mol. The van der Waals surface area contributed by atoms with Gasteiger partial charge in [0, 0.05) is 13.2 Å². The zero-order valence-electron chi connectivity index (χ0n) is 7.95. The number of hydrogen-bond donors (Lipinski definition) is 2. The zero-order valence-corrected chi connectivity index (χ0v) is 11.1. The summed E-state index contributed by atoms with van der Waals surface area (Å²) in [4.78, 5) is 0. The second-order valence-corrected chi connectivity index (χ2v) is 1.45. The van der Waals surface area contributed by atoms with E-state index in [-0.39, 0.29) is 59.9 Å². The van der Waals surface area contributed by atoms with Gasteiger partial charge < -0.3 is 26.6 Å². The molecule has 0 heterocycles. The monoisotopic (exact) mass is 264 g/mol. The molecular formula is C6H16O5Ti2. The summed E-state index contributed by atoms with van der Waals surface area (Å²) in [7, 11) is 0. The molecule has 0 aliphatic carbocycles. The Labute approximate surface area is 110 Å². The molecule has 2 radical (unpaired) electrons. The molecule has 0 amide bonds. The second-order valence-electron chi connectivity index (χ2n) is 1.45. The predicted molar refractivity (Wildman–Crippen MR) is 36.8 cm³/mol. The van der Waals surface area contributed by atoms with Gasteiger partial charge in [-0.25, -0.2) is 0 Å². The fraction of sp³-hybridized carbons (Fsp3) is 1.00. The van der Waals surface area contributed by atoms with E-state index in [1.54, 1.807) is 0 Å². The van der Waals surface area contributed by atoms with Gasteiger partial charge in [0.15, 0.2) is 0 Å². The Morgan fingerprint density at radius 3 is 0.769 bits per heavy atom. The third-order valence-corrected chi connectivity index (χ3v) is 0.447. The van der Waals surface area contributed by atoms with E-state index in [2.05, 4.69) is 0 Å². The molecule has 78 valence electrons. The van der Waals surface area contributed by atoms with E-state index in [4.69, 9.17) is 10.2 Å². The van der Waals surface area contributed by atoms with Gasteiger partial charge in [-0.3, -0.25) is 0 Å². The van der Waals surface area contributed by atoms with Gasteiger partial charge in [-0.15, -0.1) is 0 Å². The van der Waals surface area contributed by atoms with Crippen LogP contribution in [-0.4, -0.2) is 23.4 Å². The standard InChI is InChI=1S/2C3H8O.3O.2Ti/c2*1-2-3-4;;;;;/h2*4H,2-3H2,1H3;;;;;/q;;3*-2;2*+3. The Hall–Kier alpha value is 1.23. The van der Waals surface area contributed by atoms with E-state index in [1.165, 1.54) is 0 Å². The molecule has 0 rings (SSSR count). The topological polar surface area (TPSA) is 126 Å². The van der Waals surface area contributed by atoms with E-state index in [1.807, 2.05) is 13.8 Å². The van der Waals surface area contributed by atoms with Crippen LogP contribution in [-0.2, 0) is 59.9 Å². The Balaban J connectivity index is -0.00000000800. The molecule has 0 aliphatic heterocycles. The van der Waals surface area contributed by atoms with Crippen molar-refractivity contribution in [3.8, 4) is 0 Å². The van der Waals surface area contributed by atoms with Crippen LogP contribution in [0.1, 0.15) is 26.7 Å². The molecule has 0 atom stereocenters. The molecule has 0 unspecified atom stereocenters. The van der Waals surface area contributed by atoms with Crippen LogP contribution < -0.4 is 0 Å². The van der Waals surface area contributed by atoms with Crippen LogP contribution in [0.25, 0.3) is 0 Å². The van der Waals surface area contributed by atoms with Gasteiger partial charge in [-0.1, -0.05) is 13.8 Å². The van der Waals surface area contributed by atoms with E-state index < -0.39 is 0 Å². The average molecular weight is 264 g/mol. The maximum atomic E-state index is 7.88. The van der Waals surface area contributed by atoms with Crippen molar-refractivity contribution >= 4 is 0 Å². The normalized spacial score (nSPS) is 4.62. The molecule has 5 nitrogen and oxygen atoms in total. The molecule has 0 aliphatic rings. The Morgan fingerprint density at radius 2 is 0.769 bits per heavy atom. The SMILES string of the molecule is CCCO.CCCO.[O-2].[O-2].[O-2].[Ti+3].[Ti+3]. The van der Waals surface area contributed by atoms with E-state index in [9.17, 15) is 0 Å². The Bertz CT molecular complexity index is 27.0. The van der Waals surface area contributed by atoms with Crippen molar-refractivity contribution in [3.63, 3.8) is 0 Å². The molecule has 0 bridgehead atoms. The number of rotatable bonds is 2. The average Bonchev–Trinajstić information content (AvgIpc) is 1.88. The predicted octanol–water partition coefficient (Wildman–Crippen LogP) is 0.416. The zero-order chi connectivity index (χ0) is 6.83. The van der Waals surface area contributed by atoms with Gasteiger partial charge >= 0.3 is 43.4 Å². The summed E-state index contributed by atoms with van der Waals surface area (Å²) in [6.45, 7) is 4.50. The van der Waals surface area contributed by atoms with Crippen molar-refractivity contribution in [1.82, 2.24) is 0 Å². The van der Waals surface area contributed by atoms with Crippen LogP contribution in [0.2, 0.25) is 0 Å². The van der Waals surface area contributed by atoms with Crippen LogP contribution in [0.15, 0.2) is 0 Å². The summed E-state index contributed by atoms with van der Waals surface area (Å²) in [5.41, 5.74) is 0. The van der Waals surface area contributed by atoms with Crippen molar-refractivity contribution in [1.29, 1.82) is 0 Å². The van der Waals surface area contributed by atoms with Gasteiger partial charge in [-0.2, -0.15) is 0 Å². The minimum atomic E-state index is 0. The first-order valence-electron chi connectivity index (χ1n) is 3.05. The van der Waals surface area contributed by atoms with Crippen LogP contribution in [0.4, 0.5) is 0 Å². The van der Waals surface area contributed by atoms with Gasteiger partial charge in [0.2, 0.25) is 0 Å². The third-order valence-electron chi connectivity index (χ3n) is 0.447. The molecule has 0 aromatic heterocycles. The van der Waals surface area contributed by atoms with E-state index >= 15 is 0 Å². The maximum absolute atomic E-state index is 7.88. The molecule has 0 aromatic rings. The van der Waals surface area contributed by atoms with Gasteiger partial charge in [0.25, 0.3) is 0 Å². The molecule has 0 fully saturated rings. The van der Waals surface area contributed by atoms with Crippen molar-refractivity contribution < 1.29 is 70.1 Å². The quantitative estimate of drug-likeness (QED) is 0.701. The summed E-state index contributed by atoms with van der Waals surface area (Å²) < 4.78 is 0. The molecule has 0 aromatic carbocycles. The van der Waals surface area contributed by atoms with E-state index in [0.29, 0.717) is 13.2 Å². The molecule has 7 heteroatoms.